The zero-order valence-corrected chi connectivity index (χ0v) is 16.2. The van der Waals surface area contributed by atoms with E-state index in [0.717, 1.165) is 17.4 Å². The van der Waals surface area contributed by atoms with E-state index >= 15 is 0 Å². The van der Waals surface area contributed by atoms with E-state index in [0.29, 0.717) is 18.6 Å². The summed E-state index contributed by atoms with van der Waals surface area (Å²) in [6.45, 7) is 9.87. The lowest BCUT2D eigenvalue weighted by molar-refractivity contribution is 0.114. The molecule has 1 aromatic rings. The zero-order chi connectivity index (χ0) is 17.6. The second kappa shape index (κ2) is 8.43. The molecule has 126 valence electrons. The van der Waals surface area contributed by atoms with Crippen LogP contribution in [0.5, 0.6) is 5.75 Å². The molecule has 6 heteroatoms. The molecule has 0 aromatic heterocycles. The van der Waals surface area contributed by atoms with Crippen molar-refractivity contribution in [2.75, 3.05) is 27.3 Å². The number of carbonyl (C=O) groups excluding carboxylic acids is 1. The minimum Gasteiger partial charge on any atom is -0.496 e. The molecule has 0 spiro atoms. The molecule has 23 heavy (non-hydrogen) atoms. The lowest BCUT2D eigenvalue weighted by Gasteiger charge is -2.24. The number of hydrogen-bond donors (Lipinski definition) is 0. The Kier molecular flexibility index (Phi) is 7.19. The average molecular weight is 333 g/mol. The summed E-state index contributed by atoms with van der Waals surface area (Å²) in [7, 11) is 8.06. The molecule has 1 atom stereocenters. The molecule has 0 N–H and O–H groups in total. The summed E-state index contributed by atoms with van der Waals surface area (Å²) in [5.41, 5.74) is 1.68. The lowest BCUT2D eigenvalue weighted by Crippen LogP contribution is -2.32. The third-order valence-corrected chi connectivity index (χ3v) is 5.43. The van der Waals surface area contributed by atoms with E-state index in [9.17, 15) is 4.79 Å². The molecule has 0 aliphatic rings. The van der Waals surface area contributed by atoms with Gasteiger partial charge in [0.1, 0.15) is 13.6 Å². The van der Waals surface area contributed by atoms with Crippen LogP contribution < -0.4 is 10.2 Å². The number of amides is 1. The molecule has 0 aliphatic carbocycles. The van der Waals surface area contributed by atoms with Crippen LogP contribution in [0.25, 0.3) is 0 Å². The van der Waals surface area contributed by atoms with E-state index < -0.39 is 8.07 Å². The van der Waals surface area contributed by atoms with Gasteiger partial charge in [0.25, 0.3) is 0 Å². The normalized spacial score (nSPS) is 12.6. The molecular weight excluding hydrogens is 305 g/mol. The molecule has 2 radical (unpaired) electrons. The van der Waals surface area contributed by atoms with Gasteiger partial charge >= 0.3 is 6.09 Å². The minimum absolute atomic E-state index is 0.1000. The van der Waals surface area contributed by atoms with Gasteiger partial charge in [-0.15, -0.1) is 0 Å². The van der Waals surface area contributed by atoms with Crippen LogP contribution in [-0.4, -0.2) is 54.2 Å². The molecule has 0 bridgehead atoms. The van der Waals surface area contributed by atoms with Gasteiger partial charge < -0.3 is 14.4 Å². The van der Waals surface area contributed by atoms with Crippen molar-refractivity contribution in [2.24, 2.45) is 0 Å². The summed E-state index contributed by atoms with van der Waals surface area (Å²) in [5.74, 6) is 0.884. The molecule has 0 saturated carbocycles. The fraction of sp³-hybridized carbons (Fsp3) is 0.588. The number of carbonyl (C=O) groups is 1. The SMILES string of the molecule is [B]c1ccc(OC)c([C@@H](C)CN(C)C(=O)OCC[Si](C)(C)C)c1. The second-order valence-corrected chi connectivity index (χ2v) is 12.8. The molecule has 4 nitrogen and oxygen atoms in total. The van der Waals surface area contributed by atoms with E-state index in [-0.39, 0.29) is 12.0 Å². The first-order valence-electron chi connectivity index (χ1n) is 7.95. The van der Waals surface area contributed by atoms with Crippen LogP contribution in [-0.2, 0) is 4.74 Å². The predicted octanol–water partition coefficient (Wildman–Crippen LogP) is 3.00. The summed E-state index contributed by atoms with van der Waals surface area (Å²) < 4.78 is 10.7. The standard InChI is InChI=1S/C17H28BNO3Si/c1-13(15-11-14(18)7-8-16(15)21-3)12-19(2)17(20)22-9-10-23(4,5)6/h7-8,11,13H,9-10,12H2,1-6H3/t13-/m0/s1. The van der Waals surface area contributed by atoms with Crippen LogP contribution in [0.2, 0.25) is 25.7 Å². The number of rotatable bonds is 7. The minimum atomic E-state index is -1.19. The van der Waals surface area contributed by atoms with Gasteiger partial charge in [0.15, 0.2) is 0 Å². The zero-order valence-electron chi connectivity index (χ0n) is 15.2. The van der Waals surface area contributed by atoms with Gasteiger partial charge in [-0.25, -0.2) is 4.79 Å². The Hall–Kier alpha value is -1.43. The Morgan fingerprint density at radius 1 is 1.35 bits per heavy atom. The van der Waals surface area contributed by atoms with E-state index in [4.69, 9.17) is 17.3 Å². The monoisotopic (exact) mass is 333 g/mol. The quantitative estimate of drug-likeness (QED) is 0.720. The largest absolute Gasteiger partial charge is 0.496 e. The highest BCUT2D eigenvalue weighted by Gasteiger charge is 2.19. The summed E-state index contributed by atoms with van der Waals surface area (Å²) in [4.78, 5) is 13.7. The van der Waals surface area contributed by atoms with E-state index in [1.54, 1.807) is 19.1 Å². The van der Waals surface area contributed by atoms with E-state index in [2.05, 4.69) is 19.6 Å². The fourth-order valence-electron chi connectivity index (χ4n) is 2.28. The summed E-state index contributed by atoms with van der Waals surface area (Å²) in [6, 6.07) is 6.54. The van der Waals surface area contributed by atoms with Gasteiger partial charge in [-0.1, -0.05) is 44.2 Å². The van der Waals surface area contributed by atoms with Gasteiger partial charge in [-0.3, -0.25) is 0 Å². The third kappa shape index (κ3) is 6.69. The Bertz CT molecular complexity index is 531. The summed E-state index contributed by atoms with van der Waals surface area (Å²) in [5, 5.41) is 0. The number of nitrogens with zero attached hydrogens (tertiary/aromatic N) is 1. The van der Waals surface area contributed by atoms with Gasteiger partial charge in [0.05, 0.1) is 13.7 Å². The first-order chi connectivity index (χ1) is 10.6. The van der Waals surface area contributed by atoms with Crippen LogP contribution in [0, 0.1) is 0 Å². The van der Waals surface area contributed by atoms with Crippen molar-refractivity contribution in [1.82, 2.24) is 4.90 Å². The highest BCUT2D eigenvalue weighted by atomic mass is 28.3. The smallest absolute Gasteiger partial charge is 0.409 e. The van der Waals surface area contributed by atoms with Crippen molar-refractivity contribution in [3.05, 3.63) is 23.8 Å². The van der Waals surface area contributed by atoms with Crippen molar-refractivity contribution in [1.29, 1.82) is 0 Å². The fourth-order valence-corrected chi connectivity index (χ4v) is 2.99. The van der Waals surface area contributed by atoms with Crippen LogP contribution >= 0.6 is 0 Å². The molecule has 0 unspecified atom stereocenters. The number of ether oxygens (including phenoxy) is 2. The van der Waals surface area contributed by atoms with E-state index in [1.807, 2.05) is 25.1 Å². The van der Waals surface area contributed by atoms with Crippen LogP contribution in [0.4, 0.5) is 4.79 Å². The van der Waals surface area contributed by atoms with Gasteiger partial charge in [0, 0.05) is 27.6 Å². The van der Waals surface area contributed by atoms with Gasteiger partial charge in [-0.2, -0.15) is 0 Å². The topological polar surface area (TPSA) is 38.8 Å². The number of likely N-dealkylation sites (N-methyl/N-ethyl adjacent to an activating group) is 1. The number of hydrogen-bond acceptors (Lipinski definition) is 3. The summed E-state index contributed by atoms with van der Waals surface area (Å²) >= 11 is 0. The molecule has 1 rings (SSSR count). The second-order valence-electron chi connectivity index (χ2n) is 7.21. The Morgan fingerprint density at radius 3 is 2.57 bits per heavy atom. The molecular formula is C17H28BNO3Si. The van der Waals surface area contributed by atoms with Crippen molar-refractivity contribution in [3.8, 4) is 5.75 Å². The molecule has 0 fully saturated rings. The van der Waals surface area contributed by atoms with Crippen LogP contribution in [0.15, 0.2) is 18.2 Å². The number of benzene rings is 1. The average Bonchev–Trinajstić information content (AvgIpc) is 2.45. The third-order valence-electron chi connectivity index (χ3n) is 3.72. The van der Waals surface area contributed by atoms with Crippen molar-refractivity contribution >= 4 is 27.5 Å². The highest BCUT2D eigenvalue weighted by molar-refractivity contribution is 6.76. The van der Waals surface area contributed by atoms with Crippen molar-refractivity contribution in [3.63, 3.8) is 0 Å². The Labute approximate surface area is 142 Å². The van der Waals surface area contributed by atoms with Crippen molar-refractivity contribution in [2.45, 2.75) is 38.5 Å². The molecule has 1 aromatic carbocycles. The Morgan fingerprint density at radius 2 is 2.00 bits per heavy atom. The number of methoxy groups -OCH3 is 1. The predicted molar refractivity (Wildman–Crippen MR) is 98.9 cm³/mol. The molecule has 0 aliphatic heterocycles. The maximum absolute atomic E-state index is 12.1. The van der Waals surface area contributed by atoms with Crippen molar-refractivity contribution < 1.29 is 14.3 Å². The first-order valence-corrected chi connectivity index (χ1v) is 11.7. The molecule has 0 heterocycles. The maximum Gasteiger partial charge on any atom is 0.409 e. The van der Waals surface area contributed by atoms with Gasteiger partial charge in [0.2, 0.25) is 0 Å². The first kappa shape index (κ1) is 19.6. The highest BCUT2D eigenvalue weighted by Crippen LogP contribution is 2.26. The van der Waals surface area contributed by atoms with Gasteiger partial charge in [-0.05, 0) is 17.7 Å². The molecule has 1 amide bonds. The maximum atomic E-state index is 12.1. The van der Waals surface area contributed by atoms with Crippen LogP contribution in [0.3, 0.4) is 0 Å². The van der Waals surface area contributed by atoms with Crippen LogP contribution in [0.1, 0.15) is 18.4 Å². The van der Waals surface area contributed by atoms with E-state index in [1.165, 1.54) is 0 Å². The summed E-state index contributed by atoms with van der Waals surface area (Å²) in [6.07, 6.45) is -0.280. The Balaban J connectivity index is 2.61. The molecule has 0 saturated heterocycles. The lowest BCUT2D eigenvalue weighted by atomic mass is 9.89.